The van der Waals surface area contributed by atoms with Crippen molar-refractivity contribution in [3.8, 4) is 5.75 Å². The predicted molar refractivity (Wildman–Crippen MR) is 109 cm³/mol. The van der Waals surface area contributed by atoms with Gasteiger partial charge in [-0.15, -0.1) is 11.3 Å². The molecule has 1 aliphatic heterocycles. The van der Waals surface area contributed by atoms with E-state index in [0.29, 0.717) is 6.61 Å². The van der Waals surface area contributed by atoms with Gasteiger partial charge in [-0.2, -0.15) is 5.10 Å². The number of hydrogen-bond acceptors (Lipinski definition) is 6. The molecule has 26 heavy (non-hydrogen) atoms. The lowest BCUT2D eigenvalue weighted by Crippen LogP contribution is -2.40. The molecule has 1 fully saturated rings. The molecule has 0 spiro atoms. The van der Waals surface area contributed by atoms with Crippen LogP contribution < -0.4 is 10.2 Å². The zero-order valence-electron chi connectivity index (χ0n) is 15.8. The highest BCUT2D eigenvalue weighted by Crippen LogP contribution is 2.21. The molecule has 1 N–H and O–H groups in total. The van der Waals surface area contributed by atoms with Gasteiger partial charge in [0, 0.05) is 30.6 Å². The number of nitrogens with zero attached hydrogens (tertiary/aromatic N) is 3. The number of benzene rings is 1. The molecule has 2 aromatic rings. The Morgan fingerprint density at radius 2 is 2.08 bits per heavy atom. The molecular weight excluding hydrogens is 344 g/mol. The summed E-state index contributed by atoms with van der Waals surface area (Å²) < 4.78 is 6.04. The van der Waals surface area contributed by atoms with E-state index in [1.54, 1.807) is 17.6 Å². The van der Waals surface area contributed by atoms with Crippen LogP contribution in [0.25, 0.3) is 0 Å². The highest BCUT2D eigenvalue weighted by molar-refractivity contribution is 7.13. The topological polar surface area (TPSA) is 49.8 Å². The maximum atomic E-state index is 6.04. The molecule has 0 radical (unpaired) electrons. The van der Waals surface area contributed by atoms with Crippen molar-refractivity contribution < 1.29 is 4.74 Å². The molecule has 1 aromatic carbocycles. The number of aryl methyl sites for hydroxylation is 1. The maximum Gasteiger partial charge on any atom is 0.203 e. The molecule has 2 atom stereocenters. The van der Waals surface area contributed by atoms with Crippen LogP contribution in [0.5, 0.6) is 5.75 Å². The molecule has 140 valence electrons. The van der Waals surface area contributed by atoms with E-state index in [4.69, 9.17) is 4.74 Å². The Morgan fingerprint density at radius 3 is 2.81 bits per heavy atom. The molecule has 6 heteroatoms. The normalized spacial score (nSPS) is 21.2. The highest BCUT2D eigenvalue weighted by Gasteiger charge is 2.21. The van der Waals surface area contributed by atoms with Crippen LogP contribution in [0.1, 0.15) is 31.5 Å². The van der Waals surface area contributed by atoms with Crippen molar-refractivity contribution in [1.29, 1.82) is 0 Å². The van der Waals surface area contributed by atoms with Crippen LogP contribution in [0.2, 0.25) is 0 Å². The summed E-state index contributed by atoms with van der Waals surface area (Å²) in [5.74, 6) is 2.42. The first kappa shape index (κ1) is 18.9. The Morgan fingerprint density at radius 1 is 1.31 bits per heavy atom. The lowest BCUT2D eigenvalue weighted by atomic mass is 9.92. The molecule has 0 aliphatic carbocycles. The van der Waals surface area contributed by atoms with Crippen LogP contribution in [0.15, 0.2) is 34.7 Å². The fourth-order valence-corrected chi connectivity index (χ4v) is 4.18. The lowest BCUT2D eigenvalue weighted by molar-refractivity contribution is 0.120. The minimum absolute atomic E-state index is 0.698. The summed E-state index contributed by atoms with van der Waals surface area (Å²) in [4.78, 5) is 6.85. The Bertz CT molecular complexity index is 720. The Balaban J connectivity index is 1.52. The lowest BCUT2D eigenvalue weighted by Gasteiger charge is -2.34. The van der Waals surface area contributed by atoms with Gasteiger partial charge in [0.1, 0.15) is 12.4 Å². The van der Waals surface area contributed by atoms with Gasteiger partial charge < -0.3 is 4.74 Å². The van der Waals surface area contributed by atoms with E-state index in [1.807, 2.05) is 36.6 Å². The highest BCUT2D eigenvalue weighted by atomic mass is 32.1. The molecule has 0 bridgehead atoms. The van der Waals surface area contributed by atoms with E-state index in [0.717, 1.165) is 40.5 Å². The van der Waals surface area contributed by atoms with E-state index in [-0.39, 0.29) is 0 Å². The number of hydrogen-bond donors (Lipinski definition) is 1. The van der Waals surface area contributed by atoms with Gasteiger partial charge in [0.05, 0.1) is 11.9 Å². The first-order valence-corrected chi connectivity index (χ1v) is 10.1. The van der Waals surface area contributed by atoms with E-state index in [2.05, 4.69) is 34.3 Å². The summed E-state index contributed by atoms with van der Waals surface area (Å²) >= 11 is 1.55. The van der Waals surface area contributed by atoms with E-state index in [1.165, 1.54) is 19.5 Å². The van der Waals surface area contributed by atoms with Gasteiger partial charge in [-0.05, 0) is 37.3 Å². The smallest absolute Gasteiger partial charge is 0.203 e. The van der Waals surface area contributed by atoms with Crippen molar-refractivity contribution in [2.45, 2.75) is 27.2 Å². The van der Waals surface area contributed by atoms with Crippen LogP contribution in [0.3, 0.4) is 0 Å². The standard InChI is InChI=1S/C20H28N4OS/c1-15-10-16(2)13-24(12-15)8-9-25-19-7-5-4-6-18(19)11-21-23-20-22-17(3)14-26-20/h4-7,11,14-16H,8-10,12-13H2,1-3H3,(H,22,23). The monoisotopic (exact) mass is 372 g/mol. The number of ether oxygens (including phenoxy) is 1. The number of para-hydroxylation sites is 1. The largest absolute Gasteiger partial charge is 0.492 e. The quantitative estimate of drug-likeness (QED) is 0.583. The summed E-state index contributed by atoms with van der Waals surface area (Å²) in [6, 6.07) is 8.00. The van der Waals surface area contributed by atoms with E-state index < -0.39 is 0 Å². The van der Waals surface area contributed by atoms with Gasteiger partial charge in [-0.3, -0.25) is 10.3 Å². The fraction of sp³-hybridized carbons (Fsp3) is 0.500. The number of thiazole rings is 1. The van der Waals surface area contributed by atoms with Gasteiger partial charge >= 0.3 is 0 Å². The van der Waals surface area contributed by atoms with Crippen molar-refractivity contribution in [2.75, 3.05) is 31.7 Å². The molecule has 0 saturated carbocycles. The van der Waals surface area contributed by atoms with Crippen molar-refractivity contribution in [3.05, 3.63) is 40.9 Å². The molecule has 2 heterocycles. The summed E-state index contributed by atoms with van der Waals surface area (Å²) in [5, 5.41) is 7.08. The van der Waals surface area contributed by atoms with Crippen LogP contribution >= 0.6 is 11.3 Å². The third kappa shape index (κ3) is 5.54. The van der Waals surface area contributed by atoms with Crippen LogP contribution in [-0.2, 0) is 0 Å². The maximum absolute atomic E-state index is 6.04. The van der Waals surface area contributed by atoms with E-state index in [9.17, 15) is 0 Å². The Kier molecular flexibility index (Phi) is 6.63. The molecule has 5 nitrogen and oxygen atoms in total. The SMILES string of the molecule is Cc1csc(NN=Cc2ccccc2OCCN2CC(C)CC(C)C2)n1. The van der Waals surface area contributed by atoms with Crippen molar-refractivity contribution >= 4 is 22.7 Å². The Labute approximate surface area is 160 Å². The molecule has 2 unspecified atom stereocenters. The zero-order chi connectivity index (χ0) is 18.4. The number of anilines is 1. The number of hydrazone groups is 1. The fourth-order valence-electron chi connectivity index (χ4n) is 3.54. The van der Waals surface area contributed by atoms with Gasteiger partial charge in [-0.1, -0.05) is 26.0 Å². The van der Waals surface area contributed by atoms with Gasteiger partial charge in [-0.25, -0.2) is 4.98 Å². The number of nitrogens with one attached hydrogen (secondary N) is 1. The molecule has 1 saturated heterocycles. The number of rotatable bonds is 7. The molecule has 3 rings (SSSR count). The number of piperidine rings is 1. The summed E-state index contributed by atoms with van der Waals surface area (Å²) in [6.45, 7) is 10.7. The first-order chi connectivity index (χ1) is 12.6. The summed E-state index contributed by atoms with van der Waals surface area (Å²) in [6.07, 6.45) is 3.12. The number of aromatic nitrogens is 1. The molecule has 1 aliphatic rings. The molecule has 0 amide bonds. The third-order valence-corrected chi connectivity index (χ3v) is 5.38. The minimum Gasteiger partial charge on any atom is -0.492 e. The van der Waals surface area contributed by atoms with Gasteiger partial charge in [0.15, 0.2) is 0 Å². The van der Waals surface area contributed by atoms with Gasteiger partial charge in [0.2, 0.25) is 5.13 Å². The summed E-state index contributed by atoms with van der Waals surface area (Å²) in [7, 11) is 0. The number of likely N-dealkylation sites (tertiary alicyclic amines) is 1. The second kappa shape index (κ2) is 9.14. The van der Waals surface area contributed by atoms with Crippen molar-refractivity contribution in [2.24, 2.45) is 16.9 Å². The van der Waals surface area contributed by atoms with Crippen molar-refractivity contribution in [1.82, 2.24) is 9.88 Å². The van der Waals surface area contributed by atoms with Crippen LogP contribution in [-0.4, -0.2) is 42.3 Å². The van der Waals surface area contributed by atoms with E-state index >= 15 is 0 Å². The van der Waals surface area contributed by atoms with Crippen LogP contribution in [0, 0.1) is 18.8 Å². The van der Waals surface area contributed by atoms with Crippen molar-refractivity contribution in [3.63, 3.8) is 0 Å². The average Bonchev–Trinajstić information content (AvgIpc) is 3.01. The minimum atomic E-state index is 0.698. The van der Waals surface area contributed by atoms with Gasteiger partial charge in [0.25, 0.3) is 0 Å². The second-order valence-corrected chi connectivity index (χ2v) is 8.11. The molecule has 1 aromatic heterocycles. The first-order valence-electron chi connectivity index (χ1n) is 9.25. The predicted octanol–water partition coefficient (Wildman–Crippen LogP) is 4.25. The zero-order valence-corrected chi connectivity index (χ0v) is 16.6. The second-order valence-electron chi connectivity index (χ2n) is 7.26. The average molecular weight is 373 g/mol. The Hall–Kier alpha value is -1.92. The molecular formula is C20H28N4OS. The summed E-state index contributed by atoms with van der Waals surface area (Å²) in [5.41, 5.74) is 4.94. The third-order valence-electron chi connectivity index (χ3n) is 4.51. The van der Waals surface area contributed by atoms with Crippen LogP contribution in [0.4, 0.5) is 5.13 Å².